The molecular weight excluding hydrogens is 416 g/mol. The van der Waals surface area contributed by atoms with Crippen molar-refractivity contribution in [2.45, 2.75) is 6.54 Å². The van der Waals surface area contributed by atoms with Crippen LogP contribution in [-0.2, 0) is 16.6 Å². The molecule has 0 aliphatic heterocycles. The number of halogens is 1. The highest BCUT2D eigenvalue weighted by Crippen LogP contribution is 2.25. The van der Waals surface area contributed by atoms with E-state index in [1.165, 1.54) is 18.0 Å². The Balaban J connectivity index is 1.76. The maximum absolute atomic E-state index is 12.8. The van der Waals surface area contributed by atoms with Gasteiger partial charge in [-0.1, -0.05) is 35.0 Å². The largest absolute Gasteiger partial charge is 0.337 e. The molecule has 1 amide bonds. The predicted molar refractivity (Wildman–Crippen MR) is 110 cm³/mol. The quantitative estimate of drug-likeness (QED) is 0.591. The van der Waals surface area contributed by atoms with Gasteiger partial charge in [0, 0.05) is 25.2 Å². The molecule has 2 aromatic carbocycles. The van der Waals surface area contributed by atoms with E-state index in [2.05, 4.69) is 10.1 Å². The first kappa shape index (κ1) is 20.8. The van der Waals surface area contributed by atoms with Crippen molar-refractivity contribution < 1.29 is 17.7 Å². The molecule has 0 saturated carbocycles. The number of rotatable bonds is 6. The van der Waals surface area contributed by atoms with Gasteiger partial charge in [-0.2, -0.15) is 4.98 Å². The molecule has 29 heavy (non-hydrogen) atoms. The van der Waals surface area contributed by atoms with Crippen LogP contribution < -0.4 is 4.31 Å². The highest BCUT2D eigenvalue weighted by Gasteiger charge is 2.19. The van der Waals surface area contributed by atoms with Crippen molar-refractivity contribution >= 4 is 33.2 Å². The molecule has 0 radical (unpaired) electrons. The minimum Gasteiger partial charge on any atom is -0.337 e. The highest BCUT2D eigenvalue weighted by atomic mass is 35.5. The summed E-state index contributed by atoms with van der Waals surface area (Å²) in [4.78, 5) is 18.4. The normalized spacial score (nSPS) is 11.3. The van der Waals surface area contributed by atoms with E-state index in [9.17, 15) is 13.2 Å². The number of sulfonamides is 1. The maximum atomic E-state index is 12.8. The summed E-state index contributed by atoms with van der Waals surface area (Å²) in [5.41, 5.74) is 1.37. The zero-order valence-electron chi connectivity index (χ0n) is 16.0. The van der Waals surface area contributed by atoms with Gasteiger partial charge in [0.15, 0.2) is 0 Å². The van der Waals surface area contributed by atoms with E-state index in [0.717, 1.165) is 10.6 Å². The van der Waals surface area contributed by atoms with Gasteiger partial charge in [0.2, 0.25) is 21.7 Å². The number of carbonyl (C=O) groups is 1. The van der Waals surface area contributed by atoms with Crippen molar-refractivity contribution in [2.24, 2.45) is 0 Å². The summed E-state index contributed by atoms with van der Waals surface area (Å²) >= 11 is 6.14. The molecule has 0 atom stereocenters. The van der Waals surface area contributed by atoms with Crippen molar-refractivity contribution in [1.29, 1.82) is 0 Å². The van der Waals surface area contributed by atoms with E-state index in [1.807, 2.05) is 6.07 Å². The summed E-state index contributed by atoms with van der Waals surface area (Å²) in [6, 6.07) is 13.5. The summed E-state index contributed by atoms with van der Waals surface area (Å²) in [6.45, 7) is 0.0857. The fraction of sp³-hybridized carbons (Fsp3) is 0.211. The van der Waals surface area contributed by atoms with Gasteiger partial charge in [-0.05, 0) is 30.3 Å². The van der Waals surface area contributed by atoms with Gasteiger partial charge in [-0.25, -0.2) is 8.42 Å². The first-order chi connectivity index (χ1) is 13.7. The predicted octanol–water partition coefficient (Wildman–Crippen LogP) is 3.06. The van der Waals surface area contributed by atoms with E-state index in [-0.39, 0.29) is 18.3 Å². The maximum Gasteiger partial charge on any atom is 0.254 e. The van der Waals surface area contributed by atoms with Gasteiger partial charge in [-0.3, -0.25) is 9.10 Å². The second-order valence-corrected chi connectivity index (χ2v) is 8.85. The number of aromatic nitrogens is 2. The second kappa shape index (κ2) is 8.22. The minimum atomic E-state index is -3.43. The summed E-state index contributed by atoms with van der Waals surface area (Å²) in [7, 11) is -0.410. The lowest BCUT2D eigenvalue weighted by Gasteiger charge is -2.19. The summed E-state index contributed by atoms with van der Waals surface area (Å²) in [5.74, 6) is 0.273. The lowest BCUT2D eigenvalue weighted by atomic mass is 10.2. The molecule has 0 spiro atoms. The van der Waals surface area contributed by atoms with Crippen LogP contribution in [0.1, 0.15) is 16.2 Å². The molecule has 1 heterocycles. The third-order valence-electron chi connectivity index (χ3n) is 4.26. The van der Waals surface area contributed by atoms with Gasteiger partial charge in [0.25, 0.3) is 5.91 Å². The van der Waals surface area contributed by atoms with E-state index in [4.69, 9.17) is 16.1 Å². The summed E-state index contributed by atoms with van der Waals surface area (Å²) < 4.78 is 29.8. The smallest absolute Gasteiger partial charge is 0.254 e. The summed E-state index contributed by atoms with van der Waals surface area (Å²) in [5, 5.41) is 4.41. The number of benzene rings is 2. The Morgan fingerprint density at radius 3 is 2.55 bits per heavy atom. The van der Waals surface area contributed by atoms with Gasteiger partial charge in [-0.15, -0.1) is 0 Å². The van der Waals surface area contributed by atoms with Crippen molar-refractivity contribution in [2.75, 3.05) is 24.7 Å². The van der Waals surface area contributed by atoms with Crippen LogP contribution >= 0.6 is 11.6 Å². The van der Waals surface area contributed by atoms with Crippen LogP contribution in [0.15, 0.2) is 53.1 Å². The number of hydrogen-bond acceptors (Lipinski definition) is 6. The summed E-state index contributed by atoms with van der Waals surface area (Å²) in [6.07, 6.45) is 1.10. The third kappa shape index (κ3) is 4.75. The van der Waals surface area contributed by atoms with Gasteiger partial charge in [0.05, 0.1) is 23.5 Å². The zero-order chi connectivity index (χ0) is 21.2. The zero-order valence-corrected chi connectivity index (χ0v) is 17.6. The monoisotopic (exact) mass is 434 g/mol. The molecule has 0 aliphatic carbocycles. The van der Waals surface area contributed by atoms with Crippen LogP contribution in [-0.4, -0.2) is 49.7 Å². The van der Waals surface area contributed by atoms with E-state index in [0.29, 0.717) is 27.7 Å². The first-order valence-electron chi connectivity index (χ1n) is 8.53. The lowest BCUT2D eigenvalue weighted by Crippen LogP contribution is -2.28. The van der Waals surface area contributed by atoms with Crippen molar-refractivity contribution in [3.8, 4) is 11.4 Å². The molecule has 3 rings (SSSR count). The molecule has 0 saturated heterocycles. The minimum absolute atomic E-state index is 0.0857. The number of nitrogens with zero attached hydrogens (tertiary/aromatic N) is 4. The average molecular weight is 435 g/mol. The molecule has 0 N–H and O–H groups in total. The highest BCUT2D eigenvalue weighted by molar-refractivity contribution is 7.92. The van der Waals surface area contributed by atoms with E-state index < -0.39 is 10.0 Å². The fourth-order valence-corrected chi connectivity index (χ4v) is 3.31. The molecule has 10 heteroatoms. The van der Waals surface area contributed by atoms with Crippen LogP contribution in [0.4, 0.5) is 5.69 Å². The van der Waals surface area contributed by atoms with Crippen LogP contribution in [0.25, 0.3) is 11.4 Å². The van der Waals surface area contributed by atoms with Crippen LogP contribution in [0.2, 0.25) is 5.02 Å². The van der Waals surface area contributed by atoms with Gasteiger partial charge >= 0.3 is 0 Å². The molecule has 0 unspecified atom stereocenters. The molecule has 0 aliphatic rings. The van der Waals surface area contributed by atoms with Crippen LogP contribution in [0.5, 0.6) is 0 Å². The Hall–Kier alpha value is -2.91. The first-order valence-corrected chi connectivity index (χ1v) is 10.8. The van der Waals surface area contributed by atoms with E-state index in [1.54, 1.807) is 43.4 Å². The molecular formula is C19H19ClN4O4S. The average Bonchev–Trinajstić information content (AvgIpc) is 3.14. The SMILES string of the molecule is CN(Cc1nc(-c2ccccc2Cl)no1)C(=O)c1cccc(N(C)S(C)(=O)=O)c1. The molecule has 8 nitrogen and oxygen atoms in total. The second-order valence-electron chi connectivity index (χ2n) is 6.43. The Kier molecular flexibility index (Phi) is 5.90. The Morgan fingerprint density at radius 1 is 1.14 bits per heavy atom. The van der Waals surface area contributed by atoms with Gasteiger partial charge < -0.3 is 9.42 Å². The number of amides is 1. The number of carbonyl (C=O) groups excluding carboxylic acids is 1. The molecule has 152 valence electrons. The third-order valence-corrected chi connectivity index (χ3v) is 5.79. The topological polar surface area (TPSA) is 96.6 Å². The van der Waals surface area contributed by atoms with E-state index >= 15 is 0 Å². The number of anilines is 1. The van der Waals surface area contributed by atoms with Crippen LogP contribution in [0.3, 0.4) is 0 Å². The number of hydrogen-bond donors (Lipinski definition) is 0. The van der Waals surface area contributed by atoms with Crippen molar-refractivity contribution in [3.05, 3.63) is 65.0 Å². The lowest BCUT2D eigenvalue weighted by molar-refractivity contribution is 0.0769. The molecule has 3 aromatic rings. The molecule has 1 aromatic heterocycles. The Labute approximate surface area is 173 Å². The van der Waals surface area contributed by atoms with Crippen molar-refractivity contribution in [1.82, 2.24) is 15.0 Å². The van der Waals surface area contributed by atoms with Gasteiger partial charge in [0.1, 0.15) is 0 Å². The standard InChI is InChI=1S/C19H19ClN4O4S/c1-23(12-17-21-18(22-28-17)15-9-4-5-10-16(15)20)19(25)13-7-6-8-14(11-13)24(2)29(3,26)27/h4-11H,12H2,1-3H3. The van der Waals surface area contributed by atoms with Crippen molar-refractivity contribution in [3.63, 3.8) is 0 Å². The Bertz CT molecular complexity index is 1150. The Morgan fingerprint density at radius 2 is 1.86 bits per heavy atom. The molecule has 0 fully saturated rings. The molecule has 0 bridgehead atoms. The van der Waals surface area contributed by atoms with Crippen LogP contribution in [0, 0.1) is 0 Å². The fourth-order valence-electron chi connectivity index (χ4n) is 2.59.